The molecule has 0 unspecified atom stereocenters. The molecule has 0 fully saturated rings. The molecule has 0 amide bonds. The van der Waals surface area contributed by atoms with E-state index in [-0.39, 0.29) is 23.9 Å². The Hall–Kier alpha value is -1.66. The molecule has 0 aliphatic carbocycles. The van der Waals surface area contributed by atoms with Gasteiger partial charge in [0.15, 0.2) is 5.82 Å². The average molecular weight is 263 g/mol. The minimum absolute atomic E-state index is 0.105. The Kier molecular flexibility index (Phi) is 4.63. The fourth-order valence-corrected chi connectivity index (χ4v) is 1.55. The van der Waals surface area contributed by atoms with E-state index in [1.807, 2.05) is 0 Å². The van der Waals surface area contributed by atoms with Gasteiger partial charge in [-0.2, -0.15) is 18.2 Å². The van der Waals surface area contributed by atoms with Crippen molar-refractivity contribution in [2.24, 2.45) is 0 Å². The van der Waals surface area contributed by atoms with E-state index in [1.54, 1.807) is 6.92 Å². The van der Waals surface area contributed by atoms with E-state index in [9.17, 15) is 13.2 Å². The molecule has 0 radical (unpaired) electrons. The number of hydrogen-bond donors (Lipinski definition) is 1. The highest BCUT2D eigenvalue weighted by molar-refractivity contribution is 5.63. The first-order valence-electron chi connectivity index (χ1n) is 5.49. The summed E-state index contributed by atoms with van der Waals surface area (Å²) in [7, 11) is 1.40. The summed E-state index contributed by atoms with van der Waals surface area (Å²) in [5.41, 5.74) is 5.87. The number of hydrogen-bond acceptors (Lipinski definition) is 4. The molecule has 102 valence electrons. The molecule has 18 heavy (non-hydrogen) atoms. The molecule has 0 aromatic carbocycles. The maximum absolute atomic E-state index is 12.5. The third-order valence-electron chi connectivity index (χ3n) is 2.25. The van der Waals surface area contributed by atoms with Gasteiger partial charge in [-0.1, -0.05) is 6.92 Å². The lowest BCUT2D eigenvalue weighted by Crippen LogP contribution is -2.35. The van der Waals surface area contributed by atoms with Crippen LogP contribution in [-0.2, 0) is 0 Å². The van der Waals surface area contributed by atoms with Crippen LogP contribution < -0.4 is 15.4 Å². The normalized spacial score (nSPS) is 11.4. The number of methoxy groups -OCH3 is 1. The third-order valence-corrected chi connectivity index (χ3v) is 2.25. The zero-order valence-corrected chi connectivity index (χ0v) is 10.3. The minimum Gasteiger partial charge on any atom is -0.481 e. The number of pyridine rings is 1. The molecule has 0 aliphatic rings. The Labute approximate surface area is 104 Å². The summed E-state index contributed by atoms with van der Waals surface area (Å²) < 4.78 is 42.4. The molecule has 1 heterocycles. The molecule has 4 nitrogen and oxygen atoms in total. The number of alkyl halides is 3. The van der Waals surface area contributed by atoms with Crippen LogP contribution in [0.1, 0.15) is 13.3 Å². The molecule has 7 heteroatoms. The maximum atomic E-state index is 12.5. The highest BCUT2D eigenvalue weighted by Gasteiger charge is 2.31. The number of nitrogens with two attached hydrogens (primary N) is 1. The van der Waals surface area contributed by atoms with E-state index >= 15 is 0 Å². The number of aromatic nitrogens is 1. The van der Waals surface area contributed by atoms with Gasteiger partial charge in [-0.15, -0.1) is 0 Å². The fourth-order valence-electron chi connectivity index (χ4n) is 1.55. The van der Waals surface area contributed by atoms with E-state index in [2.05, 4.69) is 4.98 Å². The van der Waals surface area contributed by atoms with Crippen molar-refractivity contribution >= 4 is 11.5 Å². The number of nitrogen functional groups attached to an aromatic ring is 1. The van der Waals surface area contributed by atoms with Crippen molar-refractivity contribution in [1.82, 2.24) is 4.98 Å². The molecular formula is C11H16F3N3O. The van der Waals surface area contributed by atoms with Crippen LogP contribution in [-0.4, -0.2) is 31.4 Å². The Morgan fingerprint density at radius 2 is 2.06 bits per heavy atom. The molecule has 2 N–H and O–H groups in total. The summed E-state index contributed by atoms with van der Waals surface area (Å²) in [6.07, 6.45) is -3.74. The molecule has 0 saturated heterocycles. The Morgan fingerprint density at radius 1 is 1.39 bits per heavy atom. The van der Waals surface area contributed by atoms with Crippen LogP contribution in [0.5, 0.6) is 5.88 Å². The van der Waals surface area contributed by atoms with Crippen molar-refractivity contribution in [2.45, 2.75) is 19.5 Å². The van der Waals surface area contributed by atoms with Crippen LogP contribution in [0.2, 0.25) is 0 Å². The first kappa shape index (κ1) is 14.4. The number of ether oxygens (including phenoxy) is 1. The van der Waals surface area contributed by atoms with Gasteiger partial charge in [-0.05, 0) is 12.5 Å². The summed E-state index contributed by atoms with van der Waals surface area (Å²) in [4.78, 5) is 5.08. The quantitative estimate of drug-likeness (QED) is 0.886. The van der Waals surface area contributed by atoms with Gasteiger partial charge in [0.25, 0.3) is 0 Å². The van der Waals surface area contributed by atoms with Gasteiger partial charge in [0, 0.05) is 12.6 Å². The Balaban J connectivity index is 3.04. The van der Waals surface area contributed by atoms with Gasteiger partial charge in [-0.3, -0.25) is 0 Å². The first-order valence-corrected chi connectivity index (χ1v) is 5.49. The lowest BCUT2D eigenvalue weighted by molar-refractivity contribution is -0.119. The highest BCUT2D eigenvalue weighted by atomic mass is 19.4. The second kappa shape index (κ2) is 5.79. The zero-order chi connectivity index (χ0) is 13.8. The van der Waals surface area contributed by atoms with Crippen molar-refractivity contribution in [1.29, 1.82) is 0 Å². The predicted octanol–water partition coefficient (Wildman–Crippen LogP) is 2.45. The van der Waals surface area contributed by atoms with Gasteiger partial charge in [0.2, 0.25) is 5.88 Å². The lowest BCUT2D eigenvalue weighted by Gasteiger charge is -2.25. The SMILES string of the molecule is CCCN(CC(F)(F)F)c1nc(OC)ccc1N. The van der Waals surface area contributed by atoms with E-state index in [0.717, 1.165) is 4.90 Å². The van der Waals surface area contributed by atoms with Crippen LogP contribution in [0.15, 0.2) is 12.1 Å². The summed E-state index contributed by atoms with van der Waals surface area (Å²) in [6, 6.07) is 3.00. The number of halogens is 3. The second-order valence-corrected chi connectivity index (χ2v) is 3.80. The highest BCUT2D eigenvalue weighted by Crippen LogP contribution is 2.27. The van der Waals surface area contributed by atoms with Gasteiger partial charge < -0.3 is 15.4 Å². The van der Waals surface area contributed by atoms with Crippen molar-refractivity contribution in [3.8, 4) is 5.88 Å². The molecular weight excluding hydrogens is 247 g/mol. The lowest BCUT2D eigenvalue weighted by atomic mass is 10.3. The van der Waals surface area contributed by atoms with Crippen LogP contribution in [0.3, 0.4) is 0 Å². The molecule has 0 saturated carbocycles. The van der Waals surface area contributed by atoms with E-state index < -0.39 is 12.7 Å². The maximum Gasteiger partial charge on any atom is 0.405 e. The third kappa shape index (κ3) is 3.97. The van der Waals surface area contributed by atoms with Gasteiger partial charge >= 0.3 is 6.18 Å². The number of anilines is 2. The molecule has 0 aliphatic heterocycles. The standard InChI is InChI=1S/C11H16F3N3O/c1-3-6-17(7-11(12,13)14)10-8(15)4-5-9(16-10)18-2/h4-5H,3,6-7,15H2,1-2H3. The summed E-state index contributed by atoms with van der Waals surface area (Å²) in [5, 5.41) is 0. The molecule has 0 spiro atoms. The monoisotopic (exact) mass is 263 g/mol. The van der Waals surface area contributed by atoms with Crippen molar-refractivity contribution in [2.75, 3.05) is 30.8 Å². The Bertz CT molecular complexity index is 396. The average Bonchev–Trinajstić information content (AvgIpc) is 2.27. The Morgan fingerprint density at radius 3 is 2.56 bits per heavy atom. The summed E-state index contributed by atoms with van der Waals surface area (Å²) in [5.74, 6) is 0.344. The topological polar surface area (TPSA) is 51.4 Å². The second-order valence-electron chi connectivity index (χ2n) is 3.80. The molecule has 0 bridgehead atoms. The smallest absolute Gasteiger partial charge is 0.405 e. The zero-order valence-electron chi connectivity index (χ0n) is 10.3. The predicted molar refractivity (Wildman–Crippen MR) is 63.8 cm³/mol. The summed E-state index contributed by atoms with van der Waals surface area (Å²) in [6.45, 7) is 0.939. The van der Waals surface area contributed by atoms with Crippen LogP contribution >= 0.6 is 0 Å². The van der Waals surface area contributed by atoms with E-state index in [1.165, 1.54) is 19.2 Å². The summed E-state index contributed by atoms with van der Waals surface area (Å²) >= 11 is 0. The van der Waals surface area contributed by atoms with Crippen molar-refractivity contribution < 1.29 is 17.9 Å². The van der Waals surface area contributed by atoms with Crippen LogP contribution in [0.4, 0.5) is 24.7 Å². The van der Waals surface area contributed by atoms with Crippen molar-refractivity contribution in [3.05, 3.63) is 12.1 Å². The minimum atomic E-state index is -4.30. The van der Waals surface area contributed by atoms with Crippen LogP contribution in [0, 0.1) is 0 Å². The molecule has 1 aromatic heterocycles. The molecule has 0 atom stereocenters. The van der Waals surface area contributed by atoms with Gasteiger partial charge in [-0.25, -0.2) is 0 Å². The molecule has 1 aromatic rings. The molecule has 1 rings (SSSR count). The van der Waals surface area contributed by atoms with Gasteiger partial charge in [0.05, 0.1) is 12.8 Å². The fraction of sp³-hybridized carbons (Fsp3) is 0.545. The first-order chi connectivity index (χ1) is 8.37. The number of rotatable bonds is 5. The van der Waals surface area contributed by atoms with Crippen molar-refractivity contribution in [3.63, 3.8) is 0 Å². The van der Waals surface area contributed by atoms with E-state index in [4.69, 9.17) is 10.5 Å². The van der Waals surface area contributed by atoms with Gasteiger partial charge in [0.1, 0.15) is 6.54 Å². The van der Waals surface area contributed by atoms with E-state index in [0.29, 0.717) is 6.42 Å². The largest absolute Gasteiger partial charge is 0.481 e. The number of nitrogens with zero attached hydrogens (tertiary/aromatic N) is 2. The van der Waals surface area contributed by atoms with Crippen LogP contribution in [0.25, 0.3) is 0 Å².